The van der Waals surface area contributed by atoms with Crippen LogP contribution in [0.1, 0.15) is 35.7 Å². The Morgan fingerprint density at radius 2 is 2.20 bits per heavy atom. The fourth-order valence-electron chi connectivity index (χ4n) is 1.17. The summed E-state index contributed by atoms with van der Waals surface area (Å²) in [6.07, 6.45) is 1.88. The maximum absolute atomic E-state index is 11.5. The predicted octanol–water partition coefficient (Wildman–Crippen LogP) is 2.66. The first-order valence-corrected chi connectivity index (χ1v) is 5.12. The van der Waals surface area contributed by atoms with Crippen LogP contribution in [0.4, 0.5) is 0 Å². The molecular formula is C12H16O3. The summed E-state index contributed by atoms with van der Waals surface area (Å²) in [7, 11) is 0. The monoisotopic (exact) mass is 208 g/mol. The number of phenolic OH excluding ortho intramolecular Hbond substituents is 1. The van der Waals surface area contributed by atoms with Crippen molar-refractivity contribution in [3.63, 3.8) is 0 Å². The number of phenols is 1. The molecular weight excluding hydrogens is 192 g/mol. The van der Waals surface area contributed by atoms with Gasteiger partial charge >= 0.3 is 5.97 Å². The summed E-state index contributed by atoms with van der Waals surface area (Å²) in [5.41, 5.74) is 1.17. The van der Waals surface area contributed by atoms with Crippen molar-refractivity contribution in [2.75, 3.05) is 6.61 Å². The van der Waals surface area contributed by atoms with Crippen molar-refractivity contribution in [3.05, 3.63) is 29.3 Å². The summed E-state index contributed by atoms with van der Waals surface area (Å²) in [5.74, 6) is -0.133. The van der Waals surface area contributed by atoms with Crippen LogP contribution in [-0.2, 0) is 4.74 Å². The first-order chi connectivity index (χ1) is 7.15. The van der Waals surface area contributed by atoms with Crippen LogP contribution in [0.2, 0.25) is 0 Å². The Labute approximate surface area is 89.7 Å². The summed E-state index contributed by atoms with van der Waals surface area (Å²) in [6, 6.07) is 4.70. The average molecular weight is 208 g/mol. The molecule has 0 aliphatic rings. The molecule has 0 amide bonds. The maximum atomic E-state index is 11.5. The van der Waals surface area contributed by atoms with Crippen LogP contribution in [0, 0.1) is 6.92 Å². The largest absolute Gasteiger partial charge is 0.508 e. The Kier molecular flexibility index (Phi) is 4.16. The van der Waals surface area contributed by atoms with Gasteiger partial charge in [-0.1, -0.05) is 13.3 Å². The molecule has 0 saturated carbocycles. The minimum Gasteiger partial charge on any atom is -0.508 e. The Bertz CT molecular complexity index is 345. The van der Waals surface area contributed by atoms with E-state index in [0.717, 1.165) is 12.8 Å². The third kappa shape index (κ3) is 3.27. The van der Waals surface area contributed by atoms with Gasteiger partial charge in [-0.25, -0.2) is 4.79 Å². The van der Waals surface area contributed by atoms with Gasteiger partial charge in [0.1, 0.15) is 5.75 Å². The summed E-state index contributed by atoms with van der Waals surface area (Å²) in [5, 5.41) is 9.29. The van der Waals surface area contributed by atoms with Crippen LogP contribution >= 0.6 is 0 Å². The van der Waals surface area contributed by atoms with E-state index in [1.54, 1.807) is 19.1 Å². The molecule has 0 radical (unpaired) electrons. The fraction of sp³-hybridized carbons (Fsp3) is 0.417. The number of benzene rings is 1. The van der Waals surface area contributed by atoms with Gasteiger partial charge in [-0.15, -0.1) is 0 Å². The zero-order chi connectivity index (χ0) is 11.3. The van der Waals surface area contributed by atoms with Crippen LogP contribution in [0.3, 0.4) is 0 Å². The zero-order valence-corrected chi connectivity index (χ0v) is 9.12. The van der Waals surface area contributed by atoms with E-state index in [1.807, 2.05) is 6.92 Å². The molecule has 3 heteroatoms. The number of rotatable bonds is 4. The van der Waals surface area contributed by atoms with Crippen molar-refractivity contribution >= 4 is 5.97 Å². The van der Waals surface area contributed by atoms with Gasteiger partial charge < -0.3 is 9.84 Å². The number of aromatic hydroxyl groups is 1. The number of esters is 1. The SMILES string of the molecule is CCCCOC(=O)c1ccc(O)c(C)c1. The van der Waals surface area contributed by atoms with Gasteiger partial charge in [-0.05, 0) is 37.1 Å². The second-order valence-electron chi connectivity index (χ2n) is 3.49. The van der Waals surface area contributed by atoms with E-state index in [0.29, 0.717) is 17.7 Å². The van der Waals surface area contributed by atoms with E-state index < -0.39 is 0 Å². The van der Waals surface area contributed by atoms with E-state index in [9.17, 15) is 9.90 Å². The van der Waals surface area contributed by atoms with Gasteiger partial charge in [0.2, 0.25) is 0 Å². The Balaban J connectivity index is 2.62. The van der Waals surface area contributed by atoms with E-state index >= 15 is 0 Å². The lowest BCUT2D eigenvalue weighted by Crippen LogP contribution is -2.06. The van der Waals surface area contributed by atoms with E-state index in [1.165, 1.54) is 6.07 Å². The van der Waals surface area contributed by atoms with Crippen molar-refractivity contribution in [1.29, 1.82) is 0 Å². The lowest BCUT2D eigenvalue weighted by molar-refractivity contribution is 0.0499. The molecule has 0 spiro atoms. The van der Waals surface area contributed by atoms with Crippen molar-refractivity contribution < 1.29 is 14.6 Å². The molecule has 0 bridgehead atoms. The molecule has 0 unspecified atom stereocenters. The summed E-state index contributed by atoms with van der Waals surface area (Å²) in [4.78, 5) is 11.5. The van der Waals surface area contributed by atoms with Gasteiger partial charge in [0.25, 0.3) is 0 Å². The number of unbranched alkanes of at least 4 members (excludes halogenated alkanes) is 1. The maximum Gasteiger partial charge on any atom is 0.338 e. The lowest BCUT2D eigenvalue weighted by atomic mass is 10.1. The van der Waals surface area contributed by atoms with Crippen molar-refractivity contribution in [2.24, 2.45) is 0 Å². The minimum atomic E-state index is -0.327. The third-order valence-corrected chi connectivity index (χ3v) is 2.16. The normalized spacial score (nSPS) is 10.0. The molecule has 1 rings (SSSR count). The van der Waals surface area contributed by atoms with Gasteiger partial charge in [0.15, 0.2) is 0 Å². The summed E-state index contributed by atoms with van der Waals surface area (Å²) < 4.78 is 5.04. The van der Waals surface area contributed by atoms with Gasteiger partial charge in [-0.2, -0.15) is 0 Å². The van der Waals surface area contributed by atoms with Crippen LogP contribution < -0.4 is 0 Å². The number of hydrogen-bond acceptors (Lipinski definition) is 3. The molecule has 0 saturated heterocycles. The minimum absolute atomic E-state index is 0.195. The van der Waals surface area contributed by atoms with Crippen LogP contribution in [0.15, 0.2) is 18.2 Å². The predicted molar refractivity (Wildman–Crippen MR) is 58.0 cm³/mol. The number of ether oxygens (including phenoxy) is 1. The van der Waals surface area contributed by atoms with E-state index in [2.05, 4.69) is 0 Å². The topological polar surface area (TPSA) is 46.5 Å². The highest BCUT2D eigenvalue weighted by Crippen LogP contribution is 2.17. The molecule has 3 nitrogen and oxygen atoms in total. The molecule has 0 aromatic heterocycles. The third-order valence-electron chi connectivity index (χ3n) is 2.16. The highest BCUT2D eigenvalue weighted by molar-refractivity contribution is 5.89. The summed E-state index contributed by atoms with van der Waals surface area (Å²) >= 11 is 0. The number of hydrogen-bond donors (Lipinski definition) is 1. The highest BCUT2D eigenvalue weighted by Gasteiger charge is 2.07. The first-order valence-electron chi connectivity index (χ1n) is 5.12. The number of aryl methyl sites for hydroxylation is 1. The molecule has 1 N–H and O–H groups in total. The quantitative estimate of drug-likeness (QED) is 0.611. The molecule has 0 aliphatic carbocycles. The second-order valence-corrected chi connectivity index (χ2v) is 3.49. The van der Waals surface area contributed by atoms with Crippen molar-refractivity contribution in [1.82, 2.24) is 0 Å². The van der Waals surface area contributed by atoms with E-state index in [-0.39, 0.29) is 11.7 Å². The van der Waals surface area contributed by atoms with E-state index in [4.69, 9.17) is 4.74 Å². The molecule has 1 aromatic rings. The van der Waals surface area contributed by atoms with Gasteiger partial charge in [0, 0.05) is 0 Å². The Morgan fingerprint density at radius 1 is 1.47 bits per heavy atom. The lowest BCUT2D eigenvalue weighted by Gasteiger charge is -2.05. The smallest absolute Gasteiger partial charge is 0.338 e. The zero-order valence-electron chi connectivity index (χ0n) is 9.12. The molecule has 15 heavy (non-hydrogen) atoms. The molecule has 82 valence electrons. The van der Waals surface area contributed by atoms with Crippen molar-refractivity contribution in [2.45, 2.75) is 26.7 Å². The molecule has 0 aliphatic heterocycles. The average Bonchev–Trinajstić information content (AvgIpc) is 2.22. The standard InChI is InChI=1S/C12H16O3/c1-3-4-7-15-12(14)10-5-6-11(13)9(2)8-10/h5-6,8,13H,3-4,7H2,1-2H3. The first kappa shape index (κ1) is 11.6. The van der Waals surface area contributed by atoms with Gasteiger partial charge in [0.05, 0.1) is 12.2 Å². The second kappa shape index (κ2) is 5.39. The van der Waals surface area contributed by atoms with Crippen LogP contribution in [0.25, 0.3) is 0 Å². The van der Waals surface area contributed by atoms with Crippen LogP contribution in [-0.4, -0.2) is 17.7 Å². The molecule has 0 atom stereocenters. The molecule has 0 heterocycles. The molecule has 0 fully saturated rings. The van der Waals surface area contributed by atoms with Gasteiger partial charge in [-0.3, -0.25) is 0 Å². The highest BCUT2D eigenvalue weighted by atomic mass is 16.5. The Hall–Kier alpha value is -1.51. The number of carbonyl (C=O) groups is 1. The molecule has 1 aromatic carbocycles. The fourth-order valence-corrected chi connectivity index (χ4v) is 1.17. The van der Waals surface area contributed by atoms with Crippen molar-refractivity contribution in [3.8, 4) is 5.75 Å². The Morgan fingerprint density at radius 3 is 2.80 bits per heavy atom. The number of carbonyl (C=O) groups excluding carboxylic acids is 1. The summed E-state index contributed by atoms with van der Waals surface area (Å²) in [6.45, 7) is 4.24. The van der Waals surface area contributed by atoms with Crippen LogP contribution in [0.5, 0.6) is 5.75 Å².